The van der Waals surface area contributed by atoms with Gasteiger partial charge in [-0.1, -0.05) is 37.6 Å². The van der Waals surface area contributed by atoms with Crippen molar-refractivity contribution in [2.45, 2.75) is 43.4 Å². The van der Waals surface area contributed by atoms with E-state index in [1.54, 1.807) is 30.3 Å². The van der Waals surface area contributed by atoms with Crippen molar-refractivity contribution in [1.29, 1.82) is 0 Å². The van der Waals surface area contributed by atoms with E-state index in [1.807, 2.05) is 11.3 Å². The molecule has 0 saturated carbocycles. The maximum absolute atomic E-state index is 12.3. The van der Waals surface area contributed by atoms with Crippen LogP contribution in [-0.4, -0.2) is 39.6 Å². The van der Waals surface area contributed by atoms with Gasteiger partial charge < -0.3 is 4.90 Å². The van der Waals surface area contributed by atoms with Gasteiger partial charge in [-0.25, -0.2) is 0 Å². The second-order valence-corrected chi connectivity index (χ2v) is 9.84. The number of rotatable bonds is 9. The van der Waals surface area contributed by atoms with Crippen LogP contribution in [0.1, 0.15) is 43.4 Å². The summed E-state index contributed by atoms with van der Waals surface area (Å²) in [4.78, 5) is 4.26. The Morgan fingerprint density at radius 1 is 1.15 bits per heavy atom. The molecule has 0 bridgehead atoms. The van der Waals surface area contributed by atoms with Crippen LogP contribution in [0, 0.1) is 5.92 Å². The molecular weight excluding hydrogens is 378 g/mol. The van der Waals surface area contributed by atoms with Gasteiger partial charge in [-0.15, -0.1) is 11.3 Å². The molecule has 0 radical (unpaired) electrons. The van der Waals surface area contributed by atoms with Gasteiger partial charge in [-0.3, -0.25) is 4.18 Å². The van der Waals surface area contributed by atoms with Crippen molar-refractivity contribution >= 4 is 21.5 Å². The molecule has 6 heteroatoms. The smallest absolute Gasteiger partial charge is 0.296 e. The molecule has 4 nitrogen and oxygen atoms in total. The third kappa shape index (κ3) is 5.88. The molecule has 3 rings (SSSR count). The van der Waals surface area contributed by atoms with Crippen LogP contribution in [0.2, 0.25) is 0 Å². The average molecular weight is 408 g/mol. The normalized spacial score (nSPS) is 17.8. The summed E-state index contributed by atoms with van der Waals surface area (Å²) in [6.07, 6.45) is 4.34. The van der Waals surface area contributed by atoms with Crippen molar-refractivity contribution in [1.82, 2.24) is 4.90 Å². The third-order valence-electron chi connectivity index (χ3n) is 5.45. The summed E-state index contributed by atoms with van der Waals surface area (Å²) in [5.41, 5.74) is 0. The zero-order valence-corrected chi connectivity index (χ0v) is 17.6. The highest BCUT2D eigenvalue weighted by Gasteiger charge is 2.22. The quantitative estimate of drug-likeness (QED) is 0.563. The Bertz CT molecular complexity index is 767. The highest BCUT2D eigenvalue weighted by Crippen LogP contribution is 2.31. The van der Waals surface area contributed by atoms with E-state index in [9.17, 15) is 8.42 Å². The Morgan fingerprint density at radius 3 is 2.52 bits per heavy atom. The van der Waals surface area contributed by atoms with E-state index in [4.69, 9.17) is 4.18 Å². The zero-order valence-electron chi connectivity index (χ0n) is 15.9. The number of hydrogen-bond donors (Lipinski definition) is 0. The molecule has 1 aliphatic rings. The molecule has 1 aromatic heterocycles. The Morgan fingerprint density at radius 2 is 1.89 bits per heavy atom. The molecule has 1 fully saturated rings. The van der Waals surface area contributed by atoms with Crippen molar-refractivity contribution in [2.24, 2.45) is 5.92 Å². The monoisotopic (exact) mass is 407 g/mol. The number of benzene rings is 1. The molecule has 1 aromatic carbocycles. The zero-order chi connectivity index (χ0) is 19.1. The Labute approximate surface area is 167 Å². The number of piperidine rings is 1. The summed E-state index contributed by atoms with van der Waals surface area (Å²) < 4.78 is 29.9. The molecular formula is C21H29NO3S2. The van der Waals surface area contributed by atoms with E-state index < -0.39 is 10.1 Å². The first-order valence-corrected chi connectivity index (χ1v) is 12.1. The first-order chi connectivity index (χ1) is 13.1. The highest BCUT2D eigenvalue weighted by atomic mass is 32.2. The fourth-order valence-electron chi connectivity index (χ4n) is 3.58. The molecule has 0 aliphatic carbocycles. The molecule has 1 unspecified atom stereocenters. The molecule has 1 atom stereocenters. The summed E-state index contributed by atoms with van der Waals surface area (Å²) in [7, 11) is -3.65. The summed E-state index contributed by atoms with van der Waals surface area (Å²) in [5, 5.41) is 2.16. The largest absolute Gasteiger partial charge is 0.303 e. The summed E-state index contributed by atoms with van der Waals surface area (Å²) in [6.45, 7) is 5.64. The molecule has 0 spiro atoms. The Hall–Kier alpha value is -1.21. The van der Waals surface area contributed by atoms with E-state index in [0.29, 0.717) is 5.92 Å². The third-order valence-corrected chi connectivity index (χ3v) is 7.79. The lowest BCUT2D eigenvalue weighted by Crippen LogP contribution is -2.34. The lowest BCUT2D eigenvalue weighted by atomic mass is 9.94. The second kappa shape index (κ2) is 9.82. The molecule has 148 valence electrons. The summed E-state index contributed by atoms with van der Waals surface area (Å²) in [6, 6.07) is 12.8. The van der Waals surface area contributed by atoms with Gasteiger partial charge in [0.15, 0.2) is 0 Å². The maximum Gasteiger partial charge on any atom is 0.296 e. The number of nitrogens with zero attached hydrogens (tertiary/aromatic N) is 1. The minimum absolute atomic E-state index is 0.232. The van der Waals surface area contributed by atoms with Crippen LogP contribution in [0.5, 0.6) is 0 Å². The molecule has 0 amide bonds. The van der Waals surface area contributed by atoms with Crippen LogP contribution >= 0.6 is 11.3 Å². The maximum atomic E-state index is 12.3. The molecule has 1 aliphatic heterocycles. The van der Waals surface area contributed by atoms with Crippen molar-refractivity contribution in [3.05, 3.63) is 52.7 Å². The van der Waals surface area contributed by atoms with Crippen LogP contribution in [0.25, 0.3) is 0 Å². The number of hydrogen-bond acceptors (Lipinski definition) is 5. The van der Waals surface area contributed by atoms with Gasteiger partial charge in [0, 0.05) is 4.88 Å². The van der Waals surface area contributed by atoms with Crippen molar-refractivity contribution in [3.8, 4) is 0 Å². The minimum atomic E-state index is -3.65. The molecule has 27 heavy (non-hydrogen) atoms. The van der Waals surface area contributed by atoms with E-state index in [-0.39, 0.29) is 17.4 Å². The van der Waals surface area contributed by atoms with Gasteiger partial charge >= 0.3 is 0 Å². The standard InChI is InChI=1S/C21H29NO3S2/c1-2-18(17-25-27(23,24)20-7-4-3-5-8-20)10-13-22-14-11-19(12-15-22)21-9-6-16-26-21/h3-9,16,18-19H,2,10-15,17H2,1H3. The van der Waals surface area contributed by atoms with Crippen LogP contribution in [0.3, 0.4) is 0 Å². The SMILES string of the molecule is CCC(CCN1CCC(c2cccs2)CC1)COS(=O)(=O)c1ccccc1. The van der Waals surface area contributed by atoms with E-state index >= 15 is 0 Å². The average Bonchev–Trinajstić information content (AvgIpc) is 3.24. The highest BCUT2D eigenvalue weighted by molar-refractivity contribution is 7.86. The van der Waals surface area contributed by atoms with E-state index in [1.165, 1.54) is 17.7 Å². The second-order valence-electron chi connectivity index (χ2n) is 7.25. The lowest BCUT2D eigenvalue weighted by Gasteiger charge is -2.32. The molecule has 2 aromatic rings. The molecule has 0 N–H and O–H groups in total. The topological polar surface area (TPSA) is 46.6 Å². The van der Waals surface area contributed by atoms with Gasteiger partial charge in [0.05, 0.1) is 11.5 Å². The minimum Gasteiger partial charge on any atom is -0.303 e. The first-order valence-electron chi connectivity index (χ1n) is 9.78. The summed E-state index contributed by atoms with van der Waals surface area (Å²) in [5.74, 6) is 0.973. The number of likely N-dealkylation sites (tertiary alicyclic amines) is 1. The van der Waals surface area contributed by atoms with Crippen LogP contribution in [0.15, 0.2) is 52.7 Å². The van der Waals surface area contributed by atoms with Crippen LogP contribution < -0.4 is 0 Å². The van der Waals surface area contributed by atoms with Crippen LogP contribution in [0.4, 0.5) is 0 Å². The van der Waals surface area contributed by atoms with Crippen LogP contribution in [-0.2, 0) is 14.3 Å². The van der Waals surface area contributed by atoms with Gasteiger partial charge in [-0.05, 0) is 74.3 Å². The van der Waals surface area contributed by atoms with Gasteiger partial charge in [0.2, 0.25) is 0 Å². The summed E-state index contributed by atoms with van der Waals surface area (Å²) >= 11 is 1.87. The lowest BCUT2D eigenvalue weighted by molar-refractivity contribution is 0.177. The Kier molecular flexibility index (Phi) is 7.47. The van der Waals surface area contributed by atoms with Crippen molar-refractivity contribution in [3.63, 3.8) is 0 Å². The van der Waals surface area contributed by atoms with Crippen molar-refractivity contribution in [2.75, 3.05) is 26.2 Å². The van der Waals surface area contributed by atoms with Crippen molar-refractivity contribution < 1.29 is 12.6 Å². The molecule has 2 heterocycles. The predicted molar refractivity (Wildman–Crippen MR) is 111 cm³/mol. The predicted octanol–water partition coefficient (Wildman–Crippen LogP) is 4.75. The first kappa shape index (κ1) is 20.5. The van der Waals surface area contributed by atoms with Gasteiger partial charge in [-0.2, -0.15) is 8.42 Å². The van der Waals surface area contributed by atoms with E-state index in [2.05, 4.69) is 29.3 Å². The fourth-order valence-corrected chi connectivity index (χ4v) is 5.47. The fraction of sp³-hybridized carbons (Fsp3) is 0.524. The molecule has 1 saturated heterocycles. The Balaban J connectivity index is 1.42. The number of thiophene rings is 1. The van der Waals surface area contributed by atoms with Gasteiger partial charge in [0.1, 0.15) is 0 Å². The van der Waals surface area contributed by atoms with Gasteiger partial charge in [0.25, 0.3) is 10.1 Å². The van der Waals surface area contributed by atoms with E-state index in [0.717, 1.165) is 32.5 Å².